The Kier molecular flexibility index (Phi) is 2.88. The fourth-order valence-corrected chi connectivity index (χ4v) is 1.88. The number of fused-ring (bicyclic) bond motifs is 1. The van der Waals surface area contributed by atoms with Crippen LogP contribution in [0.15, 0.2) is 30.5 Å². The third-order valence-corrected chi connectivity index (χ3v) is 2.88. The molecule has 3 nitrogen and oxygen atoms in total. The molecule has 0 fully saturated rings. The van der Waals surface area contributed by atoms with Gasteiger partial charge in [0.2, 0.25) is 0 Å². The van der Waals surface area contributed by atoms with Crippen molar-refractivity contribution in [3.8, 4) is 0 Å². The van der Waals surface area contributed by atoms with Crippen LogP contribution in [0.2, 0.25) is 0 Å². The first kappa shape index (κ1) is 11.0. The van der Waals surface area contributed by atoms with Crippen LogP contribution in [-0.4, -0.2) is 21.0 Å². The summed E-state index contributed by atoms with van der Waals surface area (Å²) in [7, 11) is 0. The molecule has 4 heteroatoms. The van der Waals surface area contributed by atoms with E-state index in [2.05, 4.69) is 6.07 Å². The van der Waals surface area contributed by atoms with Crippen molar-refractivity contribution in [2.45, 2.75) is 18.8 Å². The molecule has 0 aliphatic heterocycles. The van der Waals surface area contributed by atoms with E-state index in [1.54, 1.807) is 0 Å². The molecule has 0 aliphatic rings. The van der Waals surface area contributed by atoms with Crippen molar-refractivity contribution >= 4 is 28.5 Å². The Morgan fingerprint density at radius 1 is 1.50 bits per heavy atom. The first-order valence-corrected chi connectivity index (χ1v) is 5.44. The van der Waals surface area contributed by atoms with E-state index in [1.165, 1.54) is 5.56 Å². The molecule has 0 bridgehead atoms. The lowest BCUT2D eigenvalue weighted by atomic mass is 10.2. The first-order valence-electron chi connectivity index (χ1n) is 5.00. The summed E-state index contributed by atoms with van der Waals surface area (Å²) in [4.78, 5) is 10.7. The summed E-state index contributed by atoms with van der Waals surface area (Å²) in [5.41, 5.74) is 2.20. The molecule has 1 atom stereocenters. The minimum Gasteiger partial charge on any atom is -0.480 e. The van der Waals surface area contributed by atoms with Crippen LogP contribution in [0.5, 0.6) is 0 Å². The molecule has 84 valence electrons. The molecule has 1 heterocycles. The molecule has 16 heavy (non-hydrogen) atoms. The van der Waals surface area contributed by atoms with Gasteiger partial charge in [-0.15, -0.1) is 11.6 Å². The fraction of sp³-hybridized carbons (Fsp3) is 0.250. The summed E-state index contributed by atoms with van der Waals surface area (Å²) < 4.78 is 1.86. The number of carboxylic acid groups (broad SMARTS) is 1. The van der Waals surface area contributed by atoms with E-state index in [9.17, 15) is 4.79 Å². The van der Waals surface area contributed by atoms with Crippen molar-refractivity contribution < 1.29 is 9.90 Å². The Labute approximate surface area is 98.3 Å². The first-order chi connectivity index (χ1) is 7.58. The number of hydrogen-bond acceptors (Lipinski definition) is 1. The topological polar surface area (TPSA) is 42.2 Å². The van der Waals surface area contributed by atoms with Crippen molar-refractivity contribution in [3.63, 3.8) is 0 Å². The lowest BCUT2D eigenvalue weighted by Gasteiger charge is -2.07. The number of carboxylic acids is 1. The molecule has 0 radical (unpaired) electrons. The summed E-state index contributed by atoms with van der Waals surface area (Å²) in [5, 5.41) is 8.97. The highest BCUT2D eigenvalue weighted by Gasteiger charge is 2.14. The normalized spacial score (nSPS) is 12.9. The van der Waals surface area contributed by atoms with Crippen LogP contribution in [0, 0.1) is 6.92 Å². The van der Waals surface area contributed by atoms with E-state index in [4.69, 9.17) is 16.7 Å². The number of halogens is 1. The highest BCUT2D eigenvalue weighted by molar-refractivity contribution is 6.29. The SMILES string of the molecule is Cc1ccc2c(ccn2CC(Cl)C(=O)O)c1. The summed E-state index contributed by atoms with van der Waals surface area (Å²) in [6.45, 7) is 2.31. The van der Waals surface area contributed by atoms with Gasteiger partial charge >= 0.3 is 5.97 Å². The average Bonchev–Trinajstić information content (AvgIpc) is 2.60. The van der Waals surface area contributed by atoms with Crippen LogP contribution in [0.1, 0.15) is 5.56 Å². The van der Waals surface area contributed by atoms with E-state index in [0.717, 1.165) is 10.9 Å². The number of carbonyl (C=O) groups is 1. The molecule has 0 amide bonds. The Balaban J connectivity index is 2.35. The van der Waals surface area contributed by atoms with Gasteiger partial charge < -0.3 is 9.67 Å². The highest BCUT2D eigenvalue weighted by Crippen LogP contribution is 2.18. The quantitative estimate of drug-likeness (QED) is 0.834. The smallest absolute Gasteiger partial charge is 0.323 e. The number of hydrogen-bond donors (Lipinski definition) is 1. The number of aromatic nitrogens is 1. The zero-order chi connectivity index (χ0) is 11.7. The molecule has 1 unspecified atom stereocenters. The zero-order valence-corrected chi connectivity index (χ0v) is 9.61. The van der Waals surface area contributed by atoms with Crippen LogP contribution in [0.25, 0.3) is 10.9 Å². The molecule has 2 rings (SSSR count). The summed E-state index contributed by atoms with van der Waals surface area (Å²) in [6.07, 6.45) is 1.86. The van der Waals surface area contributed by atoms with Gasteiger partial charge in [0.15, 0.2) is 0 Å². The van der Waals surface area contributed by atoms with Gasteiger partial charge in [-0.2, -0.15) is 0 Å². The largest absolute Gasteiger partial charge is 0.480 e. The van der Waals surface area contributed by atoms with E-state index >= 15 is 0 Å². The van der Waals surface area contributed by atoms with Gasteiger partial charge in [0.25, 0.3) is 0 Å². The lowest BCUT2D eigenvalue weighted by Crippen LogP contribution is -2.19. The zero-order valence-electron chi connectivity index (χ0n) is 8.85. The third-order valence-electron chi connectivity index (χ3n) is 2.55. The van der Waals surface area contributed by atoms with Crippen molar-refractivity contribution in [2.75, 3.05) is 0 Å². The molecular formula is C12H12ClNO2. The van der Waals surface area contributed by atoms with E-state index in [1.807, 2.05) is 35.9 Å². The average molecular weight is 238 g/mol. The standard InChI is InChI=1S/C12H12ClNO2/c1-8-2-3-11-9(6-8)4-5-14(11)7-10(13)12(15)16/h2-6,10H,7H2,1H3,(H,15,16). The molecule has 0 saturated carbocycles. The van der Waals surface area contributed by atoms with Gasteiger partial charge in [0.1, 0.15) is 5.38 Å². The second-order valence-corrected chi connectivity index (χ2v) is 4.36. The molecule has 1 aromatic heterocycles. The van der Waals surface area contributed by atoms with E-state index in [-0.39, 0.29) is 6.54 Å². The molecule has 1 N–H and O–H groups in total. The van der Waals surface area contributed by atoms with Crippen molar-refractivity contribution in [1.29, 1.82) is 0 Å². The maximum atomic E-state index is 10.7. The van der Waals surface area contributed by atoms with Crippen LogP contribution in [0.3, 0.4) is 0 Å². The Morgan fingerprint density at radius 2 is 2.25 bits per heavy atom. The Morgan fingerprint density at radius 3 is 2.94 bits per heavy atom. The van der Waals surface area contributed by atoms with Crippen LogP contribution in [0.4, 0.5) is 0 Å². The Bertz CT molecular complexity index is 533. The number of aliphatic carboxylic acids is 1. The number of benzene rings is 1. The van der Waals surface area contributed by atoms with Crippen molar-refractivity contribution in [2.24, 2.45) is 0 Å². The molecule has 0 aliphatic carbocycles. The predicted octanol–water partition coefficient (Wildman–Crippen LogP) is 2.64. The van der Waals surface area contributed by atoms with Gasteiger partial charge in [-0.1, -0.05) is 11.6 Å². The number of nitrogens with zero attached hydrogens (tertiary/aromatic N) is 1. The summed E-state index contributed by atoms with van der Waals surface area (Å²) in [6, 6.07) is 8.02. The monoisotopic (exact) mass is 237 g/mol. The molecule has 0 spiro atoms. The molecule has 0 saturated heterocycles. The van der Waals surface area contributed by atoms with Crippen LogP contribution in [-0.2, 0) is 11.3 Å². The van der Waals surface area contributed by atoms with Crippen molar-refractivity contribution in [1.82, 2.24) is 4.57 Å². The molecule has 1 aromatic carbocycles. The second-order valence-electron chi connectivity index (χ2n) is 3.84. The number of rotatable bonds is 3. The van der Waals surface area contributed by atoms with Gasteiger partial charge in [-0.05, 0) is 30.5 Å². The van der Waals surface area contributed by atoms with Gasteiger partial charge in [0, 0.05) is 18.3 Å². The second kappa shape index (κ2) is 4.18. The Hall–Kier alpha value is -1.48. The van der Waals surface area contributed by atoms with Crippen LogP contribution >= 0.6 is 11.6 Å². The maximum absolute atomic E-state index is 10.7. The van der Waals surface area contributed by atoms with E-state index < -0.39 is 11.3 Å². The number of alkyl halides is 1. The molecule has 2 aromatic rings. The third kappa shape index (κ3) is 2.04. The minimum absolute atomic E-state index is 0.281. The maximum Gasteiger partial charge on any atom is 0.323 e. The van der Waals surface area contributed by atoms with Gasteiger partial charge in [0.05, 0.1) is 0 Å². The highest BCUT2D eigenvalue weighted by atomic mass is 35.5. The predicted molar refractivity (Wildman–Crippen MR) is 64.0 cm³/mol. The minimum atomic E-state index is -0.990. The summed E-state index contributed by atoms with van der Waals surface area (Å²) >= 11 is 5.72. The van der Waals surface area contributed by atoms with Crippen LogP contribution < -0.4 is 0 Å². The van der Waals surface area contributed by atoms with E-state index in [0.29, 0.717) is 0 Å². The molecular weight excluding hydrogens is 226 g/mol. The van der Waals surface area contributed by atoms with Gasteiger partial charge in [-0.3, -0.25) is 4.79 Å². The van der Waals surface area contributed by atoms with Gasteiger partial charge in [-0.25, -0.2) is 0 Å². The lowest BCUT2D eigenvalue weighted by molar-refractivity contribution is -0.136. The summed E-state index contributed by atoms with van der Waals surface area (Å²) in [5.74, 6) is -0.990. The number of aryl methyl sites for hydroxylation is 1. The fourth-order valence-electron chi connectivity index (χ4n) is 1.73. The van der Waals surface area contributed by atoms with Crippen molar-refractivity contribution in [3.05, 3.63) is 36.0 Å².